The van der Waals surface area contributed by atoms with E-state index in [4.69, 9.17) is 9.98 Å². The van der Waals surface area contributed by atoms with Crippen LogP contribution in [0.2, 0.25) is 0 Å². The Morgan fingerprint density at radius 1 is 0.930 bits per heavy atom. The number of piperazine rings is 1. The van der Waals surface area contributed by atoms with Crippen molar-refractivity contribution in [1.29, 1.82) is 0 Å². The van der Waals surface area contributed by atoms with Gasteiger partial charge < -0.3 is 15.1 Å². The second-order valence-electron chi connectivity index (χ2n) is 11.1. The van der Waals surface area contributed by atoms with E-state index >= 15 is 0 Å². The molecule has 3 amide bonds. The minimum Gasteiger partial charge on any atom is -0.368 e. The van der Waals surface area contributed by atoms with Gasteiger partial charge in [-0.1, -0.05) is 68.1 Å². The van der Waals surface area contributed by atoms with Gasteiger partial charge >= 0.3 is 0 Å². The van der Waals surface area contributed by atoms with Crippen molar-refractivity contribution in [3.8, 4) is 0 Å². The number of benzene rings is 3. The van der Waals surface area contributed by atoms with Crippen LogP contribution in [-0.4, -0.2) is 76.5 Å². The van der Waals surface area contributed by atoms with E-state index in [1.807, 2.05) is 71.6 Å². The van der Waals surface area contributed by atoms with Gasteiger partial charge in [-0.2, -0.15) is 0 Å². The molecule has 1 atom stereocenters. The number of thioether (sulfide) groups is 1. The van der Waals surface area contributed by atoms with E-state index in [2.05, 4.69) is 36.2 Å². The Kier molecular flexibility index (Phi) is 8.29. The van der Waals surface area contributed by atoms with Crippen LogP contribution in [0.5, 0.6) is 0 Å². The molecule has 3 aliphatic heterocycles. The summed E-state index contributed by atoms with van der Waals surface area (Å²) in [5.74, 6) is 0.378. The number of anilines is 2. The van der Waals surface area contributed by atoms with E-state index in [9.17, 15) is 14.4 Å². The maximum Gasteiger partial charge on any atom is 0.259 e. The molecule has 3 aromatic carbocycles. The fourth-order valence-corrected chi connectivity index (χ4v) is 6.26. The zero-order valence-corrected chi connectivity index (χ0v) is 25.1. The van der Waals surface area contributed by atoms with Crippen molar-refractivity contribution < 1.29 is 14.4 Å². The van der Waals surface area contributed by atoms with Crippen molar-refractivity contribution in [3.63, 3.8) is 0 Å². The Morgan fingerprint density at radius 2 is 1.63 bits per heavy atom. The molecule has 1 saturated heterocycles. The summed E-state index contributed by atoms with van der Waals surface area (Å²) in [4.78, 5) is 54.8. The summed E-state index contributed by atoms with van der Waals surface area (Å²) >= 11 is 1.19. The molecular formula is C33H34N6O3S. The average Bonchev–Trinajstić information content (AvgIpc) is 3.36. The first-order valence-corrected chi connectivity index (χ1v) is 15.6. The van der Waals surface area contributed by atoms with Gasteiger partial charge in [-0.25, -0.2) is 9.89 Å². The first-order chi connectivity index (χ1) is 20.9. The molecule has 0 radical (unpaired) electrons. The number of nitrogens with one attached hydrogen (secondary N) is 1. The second kappa shape index (κ2) is 12.4. The molecule has 0 unspecified atom stereocenters. The van der Waals surface area contributed by atoms with Crippen LogP contribution in [0, 0.1) is 0 Å². The van der Waals surface area contributed by atoms with Crippen LogP contribution in [-0.2, 0) is 14.4 Å². The lowest BCUT2D eigenvalue weighted by molar-refractivity contribution is -0.135. The highest BCUT2D eigenvalue weighted by molar-refractivity contribution is 8.14. The third kappa shape index (κ3) is 6.19. The van der Waals surface area contributed by atoms with Crippen LogP contribution in [0.25, 0.3) is 0 Å². The highest BCUT2D eigenvalue weighted by atomic mass is 32.2. The van der Waals surface area contributed by atoms with E-state index in [0.29, 0.717) is 41.4 Å². The van der Waals surface area contributed by atoms with E-state index in [1.54, 1.807) is 0 Å². The first-order valence-electron chi connectivity index (χ1n) is 14.6. The highest BCUT2D eigenvalue weighted by Gasteiger charge is 2.42. The number of rotatable bonds is 7. The molecule has 3 heterocycles. The number of aliphatic imine (C=N–C) groups is 2. The molecule has 43 heavy (non-hydrogen) atoms. The largest absolute Gasteiger partial charge is 0.368 e. The summed E-state index contributed by atoms with van der Waals surface area (Å²) in [7, 11) is 0. The number of carbonyl (C=O) groups is 3. The molecule has 0 aromatic heterocycles. The molecule has 0 bridgehead atoms. The van der Waals surface area contributed by atoms with Gasteiger partial charge in [-0.15, -0.1) is 0 Å². The van der Waals surface area contributed by atoms with Gasteiger partial charge in [0.1, 0.15) is 11.9 Å². The van der Waals surface area contributed by atoms with Crippen molar-refractivity contribution >= 4 is 57.5 Å². The highest BCUT2D eigenvalue weighted by Crippen LogP contribution is 2.34. The van der Waals surface area contributed by atoms with Crippen molar-refractivity contribution in [2.45, 2.75) is 32.2 Å². The average molecular weight is 595 g/mol. The third-order valence-corrected chi connectivity index (χ3v) is 8.80. The number of hydrogen-bond acceptors (Lipinski definition) is 7. The van der Waals surface area contributed by atoms with Crippen LogP contribution >= 0.6 is 11.8 Å². The second-order valence-corrected chi connectivity index (χ2v) is 12.0. The lowest BCUT2D eigenvalue weighted by Crippen LogP contribution is -2.49. The molecule has 6 rings (SSSR count). The fraction of sp³-hybridized carbons (Fsp3) is 0.303. The Morgan fingerprint density at radius 3 is 2.35 bits per heavy atom. The third-order valence-electron chi connectivity index (χ3n) is 7.86. The standard InChI is InChI=1S/C33H34N6O3S/c1-22(2)23-12-14-24(15-13-23)34-29(40)21-43-33-36-27-11-7-6-10-26(27)31-35-28(32(42)39(31)33)20-30(41)38-18-16-37(17-19-38)25-8-4-3-5-9-25/h3-15,22,28H,16-21H2,1-2H3,(H,34,40)/t28-/m0/s1. The number of carbonyl (C=O) groups excluding carboxylic acids is 3. The summed E-state index contributed by atoms with van der Waals surface area (Å²) in [6.07, 6.45) is -0.00283. The van der Waals surface area contributed by atoms with Crippen LogP contribution in [0.1, 0.15) is 37.3 Å². The summed E-state index contributed by atoms with van der Waals surface area (Å²) in [5.41, 5.74) is 4.48. The molecule has 0 saturated carbocycles. The Hall–Kier alpha value is -4.44. The Labute approximate surface area is 255 Å². The predicted octanol–water partition coefficient (Wildman–Crippen LogP) is 4.88. The van der Waals surface area contributed by atoms with E-state index in [0.717, 1.165) is 24.3 Å². The number of hydrogen-bond donors (Lipinski definition) is 1. The summed E-state index contributed by atoms with van der Waals surface area (Å²) in [6, 6.07) is 24.6. The summed E-state index contributed by atoms with van der Waals surface area (Å²) in [5, 5.41) is 3.31. The molecule has 0 aliphatic carbocycles. The molecule has 220 valence electrons. The van der Waals surface area contributed by atoms with Crippen molar-refractivity contribution in [2.75, 3.05) is 42.1 Å². The predicted molar refractivity (Wildman–Crippen MR) is 172 cm³/mol. The quantitative estimate of drug-likeness (QED) is 0.421. The number of amidine groups is 2. The molecule has 10 heteroatoms. The minimum absolute atomic E-state index is 0.00283. The number of amides is 3. The number of para-hydroxylation sites is 2. The smallest absolute Gasteiger partial charge is 0.259 e. The molecular weight excluding hydrogens is 560 g/mol. The van der Waals surface area contributed by atoms with Crippen LogP contribution in [0.3, 0.4) is 0 Å². The van der Waals surface area contributed by atoms with E-state index < -0.39 is 6.04 Å². The number of fused-ring (bicyclic) bond motifs is 3. The fourth-order valence-electron chi connectivity index (χ4n) is 5.46. The molecule has 9 nitrogen and oxygen atoms in total. The maximum atomic E-state index is 13.7. The lowest BCUT2D eigenvalue weighted by atomic mass is 10.0. The SMILES string of the molecule is CC(C)c1ccc(NC(=O)CSC2=Nc3ccccc3C3=N[C@@H](CC(=O)N4CCN(c5ccccc5)CC4)C(=O)N23)cc1. The van der Waals surface area contributed by atoms with Crippen LogP contribution in [0.15, 0.2) is 88.8 Å². The zero-order valence-electron chi connectivity index (χ0n) is 24.3. The molecule has 3 aromatic rings. The van der Waals surface area contributed by atoms with Gasteiger partial charge in [-0.3, -0.25) is 19.4 Å². The molecule has 0 spiro atoms. The van der Waals surface area contributed by atoms with Gasteiger partial charge in [0.25, 0.3) is 5.91 Å². The zero-order chi connectivity index (χ0) is 29.9. The summed E-state index contributed by atoms with van der Waals surface area (Å²) in [6.45, 7) is 6.90. The number of nitrogens with zero attached hydrogens (tertiary/aromatic N) is 5. The van der Waals surface area contributed by atoms with Crippen molar-refractivity contribution in [2.24, 2.45) is 9.98 Å². The van der Waals surface area contributed by atoms with Crippen molar-refractivity contribution in [3.05, 3.63) is 90.0 Å². The van der Waals surface area contributed by atoms with Crippen molar-refractivity contribution in [1.82, 2.24) is 9.80 Å². The Bertz CT molecular complexity index is 1580. The first kappa shape index (κ1) is 28.7. The van der Waals surface area contributed by atoms with E-state index in [-0.39, 0.29) is 29.9 Å². The maximum absolute atomic E-state index is 13.7. The van der Waals surface area contributed by atoms with Gasteiger partial charge in [0, 0.05) is 43.1 Å². The van der Waals surface area contributed by atoms with Gasteiger partial charge in [-0.05, 0) is 47.9 Å². The molecule has 1 N–H and O–H groups in total. The minimum atomic E-state index is -0.833. The van der Waals surface area contributed by atoms with E-state index in [1.165, 1.54) is 22.2 Å². The van der Waals surface area contributed by atoms with Gasteiger partial charge in [0.15, 0.2) is 5.17 Å². The monoisotopic (exact) mass is 594 g/mol. The topological polar surface area (TPSA) is 97.7 Å². The normalized spacial score (nSPS) is 17.8. The van der Waals surface area contributed by atoms with Crippen LogP contribution < -0.4 is 10.2 Å². The Balaban J connectivity index is 1.11. The molecule has 1 fully saturated rings. The summed E-state index contributed by atoms with van der Waals surface area (Å²) < 4.78 is 0. The van der Waals surface area contributed by atoms with Gasteiger partial charge in [0.05, 0.1) is 17.9 Å². The van der Waals surface area contributed by atoms with Crippen LogP contribution in [0.4, 0.5) is 17.1 Å². The lowest BCUT2D eigenvalue weighted by Gasteiger charge is -2.36. The van der Waals surface area contributed by atoms with Gasteiger partial charge in [0.2, 0.25) is 11.8 Å². The molecule has 3 aliphatic rings.